The second-order valence-corrected chi connectivity index (χ2v) is 7.34. The van der Waals surface area contributed by atoms with Gasteiger partial charge in [0.15, 0.2) is 0 Å². The van der Waals surface area contributed by atoms with Crippen LogP contribution in [0.4, 0.5) is 11.4 Å². The van der Waals surface area contributed by atoms with Crippen molar-refractivity contribution in [1.82, 2.24) is 0 Å². The Balaban J connectivity index is 1.57. The van der Waals surface area contributed by atoms with Crippen molar-refractivity contribution in [2.45, 2.75) is 12.8 Å². The molecule has 0 saturated carbocycles. The highest BCUT2D eigenvalue weighted by molar-refractivity contribution is 5.98. The molecule has 4 nitrogen and oxygen atoms in total. The smallest absolute Gasteiger partial charge is 0.236 e. The topological polar surface area (TPSA) is 41.6 Å². The lowest BCUT2D eigenvalue weighted by atomic mass is 9.90. The summed E-state index contributed by atoms with van der Waals surface area (Å²) in [6.45, 7) is 5.35. The number of aryl methyl sites for hydroxylation is 1. The van der Waals surface area contributed by atoms with Gasteiger partial charge in [0.25, 0.3) is 0 Å². The molecule has 1 saturated heterocycles. The average Bonchev–Trinajstić information content (AvgIpc) is 2.77. The largest absolute Gasteiger partial charge is 0.378 e. The molecule has 1 N–H and O–H groups in total. The number of anilines is 2. The normalized spacial score (nSPS) is 14.1. The number of rotatable bonds is 5. The Labute approximate surface area is 172 Å². The van der Waals surface area contributed by atoms with E-state index in [1.54, 1.807) is 0 Å². The van der Waals surface area contributed by atoms with E-state index in [4.69, 9.17) is 4.74 Å². The highest BCUT2D eigenvalue weighted by Gasteiger charge is 2.23. The Morgan fingerprint density at radius 3 is 2.03 bits per heavy atom. The first-order chi connectivity index (χ1) is 14.2. The number of carbonyl (C=O) groups is 1. The molecule has 4 heteroatoms. The first-order valence-corrected chi connectivity index (χ1v) is 10.1. The third-order valence-electron chi connectivity index (χ3n) is 5.37. The van der Waals surface area contributed by atoms with E-state index in [9.17, 15) is 4.79 Å². The number of nitrogens with one attached hydrogen (secondary N) is 1. The fraction of sp³-hybridized carbons (Fsp3) is 0.240. The lowest BCUT2D eigenvalue weighted by Gasteiger charge is -2.29. The molecular formula is C25H26N2O2. The summed E-state index contributed by atoms with van der Waals surface area (Å²) in [4.78, 5) is 15.6. The molecule has 0 aromatic heterocycles. The van der Waals surface area contributed by atoms with E-state index in [1.165, 1.54) is 5.69 Å². The van der Waals surface area contributed by atoms with Gasteiger partial charge in [-0.15, -0.1) is 0 Å². The highest BCUT2D eigenvalue weighted by Crippen LogP contribution is 2.28. The predicted molar refractivity (Wildman–Crippen MR) is 118 cm³/mol. The number of morpholine rings is 1. The summed E-state index contributed by atoms with van der Waals surface area (Å²) in [5.74, 6) is -0.375. The van der Waals surface area contributed by atoms with Crippen LogP contribution in [0.1, 0.15) is 22.6 Å². The maximum atomic E-state index is 13.3. The van der Waals surface area contributed by atoms with Gasteiger partial charge in [0.1, 0.15) is 0 Å². The van der Waals surface area contributed by atoms with Gasteiger partial charge in [-0.1, -0.05) is 60.7 Å². The van der Waals surface area contributed by atoms with Gasteiger partial charge in [-0.25, -0.2) is 0 Å². The van der Waals surface area contributed by atoms with Crippen LogP contribution in [0.5, 0.6) is 0 Å². The lowest BCUT2D eigenvalue weighted by molar-refractivity contribution is -0.116. The zero-order valence-corrected chi connectivity index (χ0v) is 16.7. The van der Waals surface area contributed by atoms with Gasteiger partial charge in [0.05, 0.1) is 19.1 Å². The Morgan fingerprint density at radius 1 is 0.897 bits per heavy atom. The lowest BCUT2D eigenvalue weighted by Crippen LogP contribution is -2.36. The van der Waals surface area contributed by atoms with Gasteiger partial charge >= 0.3 is 0 Å². The van der Waals surface area contributed by atoms with E-state index in [0.29, 0.717) is 0 Å². The van der Waals surface area contributed by atoms with Crippen molar-refractivity contribution < 1.29 is 9.53 Å². The fourth-order valence-electron chi connectivity index (χ4n) is 3.80. The summed E-state index contributed by atoms with van der Waals surface area (Å²) < 4.78 is 5.44. The molecule has 0 bridgehead atoms. The molecule has 1 fully saturated rings. The summed E-state index contributed by atoms with van der Waals surface area (Å²) >= 11 is 0. The van der Waals surface area contributed by atoms with Gasteiger partial charge in [0, 0.05) is 24.5 Å². The number of nitrogens with zero attached hydrogens (tertiary/aromatic N) is 1. The first-order valence-electron chi connectivity index (χ1n) is 10.1. The van der Waals surface area contributed by atoms with Crippen molar-refractivity contribution in [3.8, 4) is 0 Å². The van der Waals surface area contributed by atoms with E-state index in [2.05, 4.69) is 22.3 Å². The quantitative estimate of drug-likeness (QED) is 0.697. The summed E-state index contributed by atoms with van der Waals surface area (Å²) in [5, 5.41) is 3.16. The first kappa shape index (κ1) is 19.2. The molecule has 1 heterocycles. The maximum absolute atomic E-state index is 13.3. The van der Waals surface area contributed by atoms with Crippen LogP contribution in [0, 0.1) is 6.92 Å². The number of hydrogen-bond donors (Lipinski definition) is 1. The van der Waals surface area contributed by atoms with Gasteiger partial charge in [-0.3, -0.25) is 4.79 Å². The summed E-state index contributed by atoms with van der Waals surface area (Å²) in [5.41, 5.74) is 5.05. The van der Waals surface area contributed by atoms with E-state index < -0.39 is 0 Å². The number of amides is 1. The maximum Gasteiger partial charge on any atom is 0.236 e. The Bertz CT molecular complexity index is 912. The van der Waals surface area contributed by atoms with E-state index in [-0.39, 0.29) is 11.8 Å². The minimum Gasteiger partial charge on any atom is -0.378 e. The molecule has 0 aliphatic carbocycles. The number of carbonyl (C=O) groups excluding carboxylic acids is 1. The molecule has 4 rings (SSSR count). The molecule has 1 aliphatic heterocycles. The summed E-state index contributed by atoms with van der Waals surface area (Å²) in [7, 11) is 0. The van der Waals surface area contributed by atoms with Crippen molar-refractivity contribution in [3.63, 3.8) is 0 Å². The molecule has 29 heavy (non-hydrogen) atoms. The van der Waals surface area contributed by atoms with Crippen LogP contribution in [-0.4, -0.2) is 32.2 Å². The van der Waals surface area contributed by atoms with E-state index >= 15 is 0 Å². The van der Waals surface area contributed by atoms with E-state index in [1.807, 2.05) is 73.7 Å². The Morgan fingerprint density at radius 2 is 1.48 bits per heavy atom. The van der Waals surface area contributed by atoms with Crippen LogP contribution in [0.15, 0.2) is 78.9 Å². The summed E-state index contributed by atoms with van der Waals surface area (Å²) in [6, 6.07) is 26.1. The molecule has 3 aromatic carbocycles. The Hall–Kier alpha value is -3.11. The number of ether oxygens (including phenoxy) is 1. The van der Waals surface area contributed by atoms with Gasteiger partial charge < -0.3 is 15.0 Å². The van der Waals surface area contributed by atoms with Crippen LogP contribution in [0.3, 0.4) is 0 Å². The van der Waals surface area contributed by atoms with Crippen molar-refractivity contribution in [2.75, 3.05) is 36.5 Å². The van der Waals surface area contributed by atoms with Crippen LogP contribution in [0.25, 0.3) is 0 Å². The monoisotopic (exact) mass is 386 g/mol. The fourth-order valence-corrected chi connectivity index (χ4v) is 3.80. The molecule has 148 valence electrons. The third-order valence-corrected chi connectivity index (χ3v) is 5.37. The molecular weight excluding hydrogens is 360 g/mol. The zero-order chi connectivity index (χ0) is 20.1. The predicted octanol–water partition coefficient (Wildman–Crippen LogP) is 4.60. The van der Waals surface area contributed by atoms with Crippen LogP contribution < -0.4 is 10.2 Å². The number of benzene rings is 3. The second kappa shape index (κ2) is 8.93. The van der Waals surface area contributed by atoms with Gasteiger partial charge in [-0.05, 0) is 41.8 Å². The van der Waals surface area contributed by atoms with Crippen molar-refractivity contribution in [3.05, 3.63) is 95.6 Å². The second-order valence-electron chi connectivity index (χ2n) is 7.34. The number of hydrogen-bond acceptors (Lipinski definition) is 3. The van der Waals surface area contributed by atoms with Gasteiger partial charge in [-0.2, -0.15) is 0 Å². The molecule has 0 radical (unpaired) electrons. The van der Waals surface area contributed by atoms with Crippen molar-refractivity contribution in [2.24, 2.45) is 0 Å². The minimum atomic E-state index is -0.351. The average molecular weight is 386 g/mol. The molecule has 1 aliphatic rings. The van der Waals surface area contributed by atoms with Crippen LogP contribution in [-0.2, 0) is 9.53 Å². The highest BCUT2D eigenvalue weighted by atomic mass is 16.5. The van der Waals surface area contributed by atoms with Crippen LogP contribution in [0.2, 0.25) is 0 Å². The minimum absolute atomic E-state index is 0.0235. The third kappa shape index (κ3) is 4.49. The summed E-state index contributed by atoms with van der Waals surface area (Å²) in [6.07, 6.45) is 0. The molecule has 0 spiro atoms. The molecule has 1 amide bonds. The van der Waals surface area contributed by atoms with Crippen molar-refractivity contribution in [1.29, 1.82) is 0 Å². The van der Waals surface area contributed by atoms with Crippen LogP contribution >= 0.6 is 0 Å². The van der Waals surface area contributed by atoms with Gasteiger partial charge in [0.2, 0.25) is 5.91 Å². The molecule has 0 atom stereocenters. The SMILES string of the molecule is Cc1cc(N2CCOCC2)ccc1NC(=O)C(c1ccccc1)c1ccccc1. The molecule has 0 unspecified atom stereocenters. The standard InChI is InChI=1S/C25H26N2O2/c1-19-18-22(27-14-16-29-17-15-27)12-13-23(19)26-25(28)24(20-8-4-2-5-9-20)21-10-6-3-7-11-21/h2-13,18,24H,14-17H2,1H3,(H,26,28). The van der Waals surface area contributed by atoms with Crippen molar-refractivity contribution >= 4 is 17.3 Å². The molecule has 3 aromatic rings. The Kier molecular flexibility index (Phi) is 5.92. The zero-order valence-electron chi connectivity index (χ0n) is 16.7. The van der Waals surface area contributed by atoms with E-state index in [0.717, 1.165) is 48.7 Å².